The fraction of sp³-hybridized carbons (Fsp3) is 0.706. The first-order valence-electron chi connectivity index (χ1n) is 7.71. The lowest BCUT2D eigenvalue weighted by molar-refractivity contribution is -0.139. The van der Waals surface area contributed by atoms with Gasteiger partial charge in [0, 0.05) is 5.57 Å². The second-order valence-electron chi connectivity index (χ2n) is 5.25. The summed E-state index contributed by atoms with van der Waals surface area (Å²) in [5.41, 5.74) is 0.431. The Hall–Kier alpha value is -1.29. The number of ether oxygens (including phenoxy) is 3. The lowest BCUT2D eigenvalue weighted by Crippen LogP contribution is -2.09. The van der Waals surface area contributed by atoms with E-state index in [1.54, 1.807) is 6.92 Å². The van der Waals surface area contributed by atoms with E-state index in [9.17, 15) is 4.79 Å². The molecule has 122 valence electrons. The highest BCUT2D eigenvalue weighted by Crippen LogP contribution is 2.12. The van der Waals surface area contributed by atoms with E-state index in [0.717, 1.165) is 12.5 Å². The number of epoxide rings is 1. The lowest BCUT2D eigenvalue weighted by atomic mass is 10.0. The van der Waals surface area contributed by atoms with Crippen molar-refractivity contribution < 1.29 is 19.0 Å². The highest BCUT2D eigenvalue weighted by atomic mass is 16.6. The van der Waals surface area contributed by atoms with Crippen LogP contribution in [-0.2, 0) is 19.0 Å². The van der Waals surface area contributed by atoms with Crippen molar-refractivity contribution in [3.05, 3.63) is 25.0 Å². The van der Waals surface area contributed by atoms with Crippen molar-refractivity contribution >= 4 is 5.97 Å². The number of carbonyl (C=O) groups excluding carboxylic acids is 1. The summed E-state index contributed by atoms with van der Waals surface area (Å²) in [5, 5.41) is 0. The average molecular weight is 298 g/mol. The van der Waals surface area contributed by atoms with Crippen LogP contribution in [0, 0.1) is 5.92 Å². The van der Waals surface area contributed by atoms with Gasteiger partial charge in [0.25, 0.3) is 0 Å². The molecular formula is C17H30O4. The van der Waals surface area contributed by atoms with Crippen molar-refractivity contribution in [3.63, 3.8) is 0 Å². The Morgan fingerprint density at radius 2 is 2.14 bits per heavy atom. The fourth-order valence-electron chi connectivity index (χ4n) is 1.56. The Bertz CT molecular complexity index is 308. The van der Waals surface area contributed by atoms with Crippen LogP contribution in [0.2, 0.25) is 0 Å². The van der Waals surface area contributed by atoms with Gasteiger partial charge in [-0.2, -0.15) is 0 Å². The Kier molecular flexibility index (Phi) is 11.7. The Morgan fingerprint density at radius 3 is 2.57 bits per heavy atom. The van der Waals surface area contributed by atoms with Crippen molar-refractivity contribution in [2.45, 2.75) is 52.6 Å². The monoisotopic (exact) mass is 298 g/mol. The van der Waals surface area contributed by atoms with Gasteiger partial charge in [-0.05, 0) is 19.3 Å². The maximum absolute atomic E-state index is 10.7. The fourth-order valence-corrected chi connectivity index (χ4v) is 1.56. The van der Waals surface area contributed by atoms with Gasteiger partial charge in [0.15, 0.2) is 0 Å². The van der Waals surface area contributed by atoms with Crippen LogP contribution >= 0.6 is 0 Å². The number of hydrogen-bond donors (Lipinski definition) is 0. The minimum atomic E-state index is -0.337. The second-order valence-corrected chi connectivity index (χ2v) is 5.25. The quantitative estimate of drug-likeness (QED) is 0.266. The van der Waals surface area contributed by atoms with Crippen LogP contribution in [0.15, 0.2) is 25.0 Å². The summed E-state index contributed by atoms with van der Waals surface area (Å²) in [6.07, 6.45) is 6.79. The Labute approximate surface area is 129 Å². The van der Waals surface area contributed by atoms with Crippen molar-refractivity contribution in [2.24, 2.45) is 5.92 Å². The molecule has 1 aliphatic rings. The van der Waals surface area contributed by atoms with Gasteiger partial charge in [-0.25, -0.2) is 4.79 Å². The topological polar surface area (TPSA) is 48.1 Å². The number of rotatable bonds is 10. The zero-order valence-electron chi connectivity index (χ0n) is 13.7. The van der Waals surface area contributed by atoms with Crippen molar-refractivity contribution in [2.75, 3.05) is 19.8 Å². The van der Waals surface area contributed by atoms with Gasteiger partial charge >= 0.3 is 5.97 Å². The first kappa shape index (κ1) is 19.7. The smallest absolute Gasteiger partial charge is 0.333 e. The van der Waals surface area contributed by atoms with E-state index in [1.807, 2.05) is 0 Å². The van der Waals surface area contributed by atoms with E-state index in [1.165, 1.54) is 31.9 Å². The number of unbranched alkanes of at least 4 members (excludes halogenated alkanes) is 1. The second kappa shape index (κ2) is 12.5. The molecule has 4 nitrogen and oxygen atoms in total. The third-order valence-electron chi connectivity index (χ3n) is 3.14. The molecule has 0 amide bonds. The molecule has 1 fully saturated rings. The van der Waals surface area contributed by atoms with E-state index < -0.39 is 0 Å². The normalized spacial score (nSPS) is 17.0. The van der Waals surface area contributed by atoms with Gasteiger partial charge in [0.1, 0.15) is 12.7 Å². The maximum atomic E-state index is 10.7. The molecule has 0 aromatic heterocycles. The van der Waals surface area contributed by atoms with Crippen LogP contribution in [-0.4, -0.2) is 31.9 Å². The SMILES string of the molecule is C=C(C)C(=O)OCC1CO1.C=COCC(CC)CCCC. The van der Waals surface area contributed by atoms with Crippen molar-refractivity contribution in [1.29, 1.82) is 0 Å². The van der Waals surface area contributed by atoms with Crippen LogP contribution in [0.3, 0.4) is 0 Å². The Morgan fingerprint density at radius 1 is 1.48 bits per heavy atom. The summed E-state index contributed by atoms with van der Waals surface area (Å²) in [6.45, 7) is 14.9. The predicted octanol–water partition coefficient (Wildman–Crippen LogP) is 3.87. The molecule has 1 saturated heterocycles. The van der Waals surface area contributed by atoms with Crippen molar-refractivity contribution in [1.82, 2.24) is 0 Å². The Balaban J connectivity index is 0.000000382. The molecular weight excluding hydrogens is 268 g/mol. The molecule has 0 aromatic rings. The molecule has 21 heavy (non-hydrogen) atoms. The maximum Gasteiger partial charge on any atom is 0.333 e. The third-order valence-corrected chi connectivity index (χ3v) is 3.14. The minimum absolute atomic E-state index is 0.142. The number of carbonyl (C=O) groups is 1. The van der Waals surface area contributed by atoms with E-state index in [0.29, 0.717) is 18.8 Å². The molecule has 0 bridgehead atoms. The number of hydrogen-bond acceptors (Lipinski definition) is 4. The molecule has 0 spiro atoms. The van der Waals surface area contributed by atoms with Crippen molar-refractivity contribution in [3.8, 4) is 0 Å². The summed E-state index contributed by atoms with van der Waals surface area (Å²) in [6, 6.07) is 0. The van der Waals surface area contributed by atoms with Gasteiger partial charge in [0.05, 0.1) is 19.5 Å². The minimum Gasteiger partial charge on any atom is -0.502 e. The lowest BCUT2D eigenvalue weighted by Gasteiger charge is -2.12. The van der Waals surface area contributed by atoms with Crippen LogP contribution in [0.5, 0.6) is 0 Å². The third kappa shape index (κ3) is 12.2. The zero-order valence-corrected chi connectivity index (χ0v) is 13.7. The first-order chi connectivity index (χ1) is 10.0. The molecule has 2 unspecified atom stereocenters. The summed E-state index contributed by atoms with van der Waals surface area (Å²) in [5.74, 6) is 0.392. The molecule has 1 aliphatic heterocycles. The summed E-state index contributed by atoms with van der Waals surface area (Å²) >= 11 is 0. The van der Waals surface area contributed by atoms with E-state index in [-0.39, 0.29) is 12.1 Å². The van der Waals surface area contributed by atoms with Crippen LogP contribution in [0.4, 0.5) is 0 Å². The largest absolute Gasteiger partial charge is 0.502 e. The molecule has 0 aromatic carbocycles. The molecule has 0 N–H and O–H groups in total. The zero-order chi connectivity index (χ0) is 16.1. The molecule has 0 aliphatic carbocycles. The van der Waals surface area contributed by atoms with E-state index in [2.05, 4.69) is 27.0 Å². The van der Waals surface area contributed by atoms with Gasteiger partial charge in [-0.1, -0.05) is 46.3 Å². The molecule has 4 heteroatoms. The molecule has 0 radical (unpaired) electrons. The number of esters is 1. The molecule has 1 rings (SSSR count). The summed E-state index contributed by atoms with van der Waals surface area (Å²) in [4.78, 5) is 10.7. The molecule has 2 atom stereocenters. The van der Waals surface area contributed by atoms with Crippen LogP contribution < -0.4 is 0 Å². The van der Waals surface area contributed by atoms with E-state index >= 15 is 0 Å². The van der Waals surface area contributed by atoms with Gasteiger partial charge in [-0.15, -0.1) is 0 Å². The standard InChI is InChI=1S/C10H20O.C7H10O3/c1-4-7-8-10(5-2)9-11-6-3;1-5(2)7(8)10-4-6-3-9-6/h6,10H,3-5,7-9H2,1-2H3;6H,1,3-4H2,2H3. The summed E-state index contributed by atoms with van der Waals surface area (Å²) < 4.78 is 14.7. The molecule has 1 heterocycles. The first-order valence-corrected chi connectivity index (χ1v) is 7.71. The van der Waals surface area contributed by atoms with Gasteiger partial charge < -0.3 is 14.2 Å². The van der Waals surface area contributed by atoms with Crippen LogP contribution in [0.1, 0.15) is 46.5 Å². The van der Waals surface area contributed by atoms with Gasteiger partial charge in [-0.3, -0.25) is 0 Å². The summed E-state index contributed by atoms with van der Waals surface area (Å²) in [7, 11) is 0. The van der Waals surface area contributed by atoms with E-state index in [4.69, 9.17) is 14.2 Å². The van der Waals surface area contributed by atoms with Crippen LogP contribution in [0.25, 0.3) is 0 Å². The predicted molar refractivity (Wildman–Crippen MR) is 85.0 cm³/mol. The molecule has 0 saturated carbocycles. The highest BCUT2D eigenvalue weighted by Gasteiger charge is 2.24. The van der Waals surface area contributed by atoms with Gasteiger partial charge in [0.2, 0.25) is 0 Å². The highest BCUT2D eigenvalue weighted by molar-refractivity contribution is 5.86. The average Bonchev–Trinajstić information content (AvgIpc) is 3.30.